The highest BCUT2D eigenvalue weighted by Crippen LogP contribution is 2.41. The van der Waals surface area contributed by atoms with Crippen molar-refractivity contribution in [3.63, 3.8) is 0 Å². The van der Waals surface area contributed by atoms with Crippen LogP contribution in [-0.2, 0) is 11.3 Å². The van der Waals surface area contributed by atoms with Crippen LogP contribution in [0.15, 0.2) is 28.0 Å². The predicted molar refractivity (Wildman–Crippen MR) is 114 cm³/mol. The van der Waals surface area contributed by atoms with E-state index in [1.54, 1.807) is 18.0 Å². The third-order valence-electron chi connectivity index (χ3n) is 6.13. The molecule has 2 saturated carbocycles. The van der Waals surface area contributed by atoms with Gasteiger partial charge in [-0.3, -0.25) is 9.36 Å². The predicted octanol–water partition coefficient (Wildman–Crippen LogP) is 4.70. The molecule has 1 amide bonds. The summed E-state index contributed by atoms with van der Waals surface area (Å²) in [5.41, 5.74) is 0. The largest absolute Gasteiger partial charge is 0.467 e. The van der Waals surface area contributed by atoms with Gasteiger partial charge in [0.1, 0.15) is 11.6 Å². The van der Waals surface area contributed by atoms with Gasteiger partial charge in [-0.05, 0) is 43.7 Å². The Balaban J connectivity index is 1.54. The van der Waals surface area contributed by atoms with Gasteiger partial charge in [0.25, 0.3) is 0 Å². The van der Waals surface area contributed by atoms with E-state index in [0.717, 1.165) is 42.4 Å². The maximum Gasteiger partial charge on any atom is 0.236 e. The van der Waals surface area contributed by atoms with Crippen LogP contribution in [0.3, 0.4) is 0 Å². The number of aromatic nitrogens is 3. The first kappa shape index (κ1) is 20.5. The van der Waals surface area contributed by atoms with Gasteiger partial charge in [0.2, 0.25) is 5.91 Å². The number of carbonyl (C=O) groups excluding carboxylic acids is 1. The van der Waals surface area contributed by atoms with Gasteiger partial charge in [0.05, 0.1) is 18.1 Å². The molecule has 0 unspecified atom stereocenters. The van der Waals surface area contributed by atoms with Gasteiger partial charge in [-0.15, -0.1) is 10.2 Å². The average Bonchev–Trinajstić information content (AvgIpc) is 3.30. The molecule has 4 rings (SSSR count). The molecule has 0 radical (unpaired) electrons. The number of hydrogen-bond donors (Lipinski definition) is 0. The molecular formula is C22H32N4O2S. The third kappa shape index (κ3) is 4.71. The van der Waals surface area contributed by atoms with E-state index in [0.29, 0.717) is 18.5 Å². The van der Waals surface area contributed by atoms with E-state index in [1.807, 2.05) is 24.1 Å². The van der Waals surface area contributed by atoms with E-state index < -0.39 is 0 Å². The lowest BCUT2D eigenvalue weighted by molar-refractivity contribution is -0.132. The minimum absolute atomic E-state index is 0.159. The lowest BCUT2D eigenvalue weighted by Gasteiger charge is -2.34. The van der Waals surface area contributed by atoms with E-state index in [2.05, 4.69) is 28.6 Å². The molecule has 7 heteroatoms. The Morgan fingerprint density at radius 1 is 1.24 bits per heavy atom. The highest BCUT2D eigenvalue weighted by atomic mass is 32.2. The second kappa shape index (κ2) is 8.94. The van der Waals surface area contributed by atoms with Crippen molar-refractivity contribution in [3.8, 4) is 0 Å². The molecule has 6 nitrogen and oxygen atoms in total. The number of amides is 1. The van der Waals surface area contributed by atoms with Gasteiger partial charge in [-0.1, -0.05) is 44.9 Å². The van der Waals surface area contributed by atoms with Crippen molar-refractivity contribution in [1.82, 2.24) is 19.7 Å². The van der Waals surface area contributed by atoms with Crippen LogP contribution >= 0.6 is 11.8 Å². The molecule has 0 bridgehead atoms. The van der Waals surface area contributed by atoms with Gasteiger partial charge >= 0.3 is 0 Å². The summed E-state index contributed by atoms with van der Waals surface area (Å²) in [4.78, 5) is 15.4. The van der Waals surface area contributed by atoms with Crippen molar-refractivity contribution < 1.29 is 9.21 Å². The summed E-state index contributed by atoms with van der Waals surface area (Å²) < 4.78 is 7.73. The standard InChI is InChI=1S/C22H32N4O2S/c1-15(2)19(21(27)25(3)17-8-5-4-6-9-17)29-22-24-23-20(16-11-12-16)26(22)14-18-10-7-13-28-18/h7,10,13,15-17,19H,4-6,8-9,11-12,14H2,1-3H3/t19-/m1/s1. The highest BCUT2D eigenvalue weighted by Gasteiger charge is 2.35. The van der Waals surface area contributed by atoms with Crippen LogP contribution in [0.5, 0.6) is 0 Å². The Morgan fingerprint density at radius 3 is 2.62 bits per heavy atom. The van der Waals surface area contributed by atoms with Crippen LogP contribution in [0.25, 0.3) is 0 Å². The van der Waals surface area contributed by atoms with Crippen molar-refractivity contribution >= 4 is 17.7 Å². The minimum atomic E-state index is -0.159. The number of thioether (sulfide) groups is 1. The van der Waals surface area contributed by atoms with Gasteiger partial charge < -0.3 is 9.32 Å². The average molecular weight is 417 g/mol. The third-order valence-corrected chi connectivity index (χ3v) is 7.65. The smallest absolute Gasteiger partial charge is 0.236 e. The topological polar surface area (TPSA) is 64.2 Å². The van der Waals surface area contributed by atoms with E-state index in [-0.39, 0.29) is 17.1 Å². The molecule has 0 saturated heterocycles. The normalized spacial score (nSPS) is 18.9. The molecule has 2 fully saturated rings. The van der Waals surface area contributed by atoms with E-state index in [9.17, 15) is 4.79 Å². The zero-order valence-corrected chi connectivity index (χ0v) is 18.5. The summed E-state index contributed by atoms with van der Waals surface area (Å²) >= 11 is 1.57. The van der Waals surface area contributed by atoms with Gasteiger partial charge in [0, 0.05) is 19.0 Å². The molecular weight excluding hydrogens is 384 g/mol. The van der Waals surface area contributed by atoms with Crippen molar-refractivity contribution in [2.45, 2.75) is 87.7 Å². The summed E-state index contributed by atoms with van der Waals surface area (Å²) in [5, 5.41) is 9.66. The van der Waals surface area contributed by atoms with Crippen molar-refractivity contribution in [1.29, 1.82) is 0 Å². The Bertz CT molecular complexity index is 807. The fourth-order valence-electron chi connectivity index (χ4n) is 4.17. The lowest BCUT2D eigenvalue weighted by Crippen LogP contribution is -2.44. The van der Waals surface area contributed by atoms with E-state index in [4.69, 9.17) is 4.42 Å². The fourth-order valence-corrected chi connectivity index (χ4v) is 5.31. The maximum atomic E-state index is 13.4. The SMILES string of the molecule is CC(C)[C@@H](Sc1nnc(C2CC2)n1Cc1ccco1)C(=O)N(C)C1CCCCC1. The first-order valence-corrected chi connectivity index (χ1v) is 11.8. The summed E-state index contributed by atoms with van der Waals surface area (Å²) in [6.07, 6.45) is 10.0. The van der Waals surface area contributed by atoms with Gasteiger partial charge in [0.15, 0.2) is 5.16 Å². The Morgan fingerprint density at radius 2 is 2.00 bits per heavy atom. The summed E-state index contributed by atoms with van der Waals surface area (Å²) in [7, 11) is 1.98. The molecule has 1 atom stereocenters. The molecule has 0 N–H and O–H groups in total. The maximum absolute atomic E-state index is 13.4. The molecule has 0 aliphatic heterocycles. The number of rotatable bonds is 8. The van der Waals surface area contributed by atoms with Crippen LogP contribution in [-0.4, -0.2) is 43.9 Å². The summed E-state index contributed by atoms with van der Waals surface area (Å²) in [6.45, 7) is 4.87. The zero-order chi connectivity index (χ0) is 20.4. The first-order valence-electron chi connectivity index (χ1n) is 10.9. The molecule has 2 aromatic heterocycles. The van der Waals surface area contributed by atoms with Gasteiger partial charge in [-0.2, -0.15) is 0 Å². The molecule has 0 aromatic carbocycles. The Hall–Kier alpha value is -1.76. The second-order valence-corrected chi connectivity index (χ2v) is 9.91. The number of nitrogens with zero attached hydrogens (tertiary/aromatic N) is 4. The molecule has 2 aliphatic rings. The molecule has 2 heterocycles. The van der Waals surface area contributed by atoms with Crippen LogP contribution < -0.4 is 0 Å². The molecule has 0 spiro atoms. The first-order chi connectivity index (χ1) is 14.0. The van der Waals surface area contributed by atoms with Crippen molar-refractivity contribution in [2.75, 3.05) is 7.05 Å². The molecule has 2 aromatic rings. The van der Waals surface area contributed by atoms with Crippen LogP contribution in [0.1, 0.15) is 76.3 Å². The van der Waals surface area contributed by atoms with Crippen LogP contribution in [0.2, 0.25) is 0 Å². The number of carbonyl (C=O) groups is 1. The van der Waals surface area contributed by atoms with Crippen molar-refractivity contribution in [3.05, 3.63) is 30.0 Å². The summed E-state index contributed by atoms with van der Waals surface area (Å²) in [5.74, 6) is 2.85. The highest BCUT2D eigenvalue weighted by molar-refractivity contribution is 8.00. The van der Waals surface area contributed by atoms with Crippen LogP contribution in [0, 0.1) is 5.92 Å². The van der Waals surface area contributed by atoms with Crippen molar-refractivity contribution in [2.24, 2.45) is 5.92 Å². The number of furan rings is 1. The van der Waals surface area contributed by atoms with E-state index >= 15 is 0 Å². The molecule has 29 heavy (non-hydrogen) atoms. The van der Waals surface area contributed by atoms with Crippen LogP contribution in [0.4, 0.5) is 0 Å². The fraction of sp³-hybridized carbons (Fsp3) is 0.682. The monoisotopic (exact) mass is 416 g/mol. The Labute approximate surface area is 177 Å². The van der Waals surface area contributed by atoms with E-state index in [1.165, 1.54) is 19.3 Å². The minimum Gasteiger partial charge on any atom is -0.467 e. The summed E-state index contributed by atoms with van der Waals surface area (Å²) in [6, 6.07) is 4.26. The second-order valence-electron chi connectivity index (χ2n) is 8.80. The van der Waals surface area contributed by atoms with Gasteiger partial charge in [-0.25, -0.2) is 0 Å². The molecule has 2 aliphatic carbocycles. The molecule has 158 valence electrons. The zero-order valence-electron chi connectivity index (χ0n) is 17.7. The number of hydrogen-bond acceptors (Lipinski definition) is 5. The Kier molecular flexibility index (Phi) is 6.32. The lowest BCUT2D eigenvalue weighted by atomic mass is 9.94. The quantitative estimate of drug-likeness (QED) is 0.584.